The Labute approximate surface area is 157 Å². The quantitative estimate of drug-likeness (QED) is 0.585. The van der Waals surface area contributed by atoms with Crippen molar-refractivity contribution in [3.8, 4) is 0 Å². The van der Waals surface area contributed by atoms with Crippen LogP contribution in [0.5, 0.6) is 0 Å². The maximum Gasteiger partial charge on any atom is 0.195 e. The third kappa shape index (κ3) is 3.41. The largest absolute Gasteiger partial charge is 0.460 e. The highest BCUT2D eigenvalue weighted by Crippen LogP contribution is 2.44. The van der Waals surface area contributed by atoms with Crippen molar-refractivity contribution < 1.29 is 8.84 Å². The van der Waals surface area contributed by atoms with Gasteiger partial charge in [0.25, 0.3) is 0 Å². The zero-order chi connectivity index (χ0) is 19.4. The zero-order valence-corrected chi connectivity index (χ0v) is 18.4. The molecule has 26 heavy (non-hydrogen) atoms. The first kappa shape index (κ1) is 19.4. The molecule has 0 saturated heterocycles. The Hall–Kier alpha value is -1.39. The Morgan fingerprint density at radius 1 is 1.19 bits per heavy atom. The van der Waals surface area contributed by atoms with Crippen LogP contribution in [0.15, 0.2) is 21.3 Å². The summed E-state index contributed by atoms with van der Waals surface area (Å²) in [4.78, 5) is 13.0. The molecule has 3 rings (SSSR count). The molecule has 0 spiro atoms. The van der Waals surface area contributed by atoms with E-state index in [1.165, 1.54) is 0 Å². The molecule has 0 N–H and O–H groups in total. The van der Waals surface area contributed by atoms with Crippen molar-refractivity contribution in [2.24, 2.45) is 0 Å². The first-order valence-electron chi connectivity index (χ1n) is 9.68. The van der Waals surface area contributed by atoms with Gasteiger partial charge in [-0.3, -0.25) is 4.79 Å². The van der Waals surface area contributed by atoms with Crippen molar-refractivity contribution in [2.45, 2.75) is 84.5 Å². The Balaban J connectivity index is 2.15. The minimum Gasteiger partial charge on any atom is -0.460 e. The molecule has 1 fully saturated rings. The highest BCUT2D eigenvalue weighted by molar-refractivity contribution is 6.74. The molecule has 0 radical (unpaired) electrons. The molecule has 0 bridgehead atoms. The van der Waals surface area contributed by atoms with Crippen LogP contribution in [0, 0.1) is 13.8 Å². The van der Waals surface area contributed by atoms with Gasteiger partial charge >= 0.3 is 0 Å². The predicted octanol–water partition coefficient (Wildman–Crippen LogP) is 6.37. The Kier molecular flexibility index (Phi) is 4.73. The number of benzene rings is 1. The van der Waals surface area contributed by atoms with Crippen LogP contribution in [0.2, 0.25) is 18.1 Å². The molecule has 1 aliphatic rings. The number of rotatable bonds is 4. The molecule has 3 nitrogen and oxygen atoms in total. The lowest BCUT2D eigenvalue weighted by atomic mass is 10.0. The van der Waals surface area contributed by atoms with Crippen LogP contribution in [-0.2, 0) is 4.43 Å². The van der Waals surface area contributed by atoms with E-state index in [0.717, 1.165) is 40.9 Å². The lowest BCUT2D eigenvalue weighted by molar-refractivity contribution is 0.203. The molecule has 1 atom stereocenters. The maximum atomic E-state index is 13.0. The van der Waals surface area contributed by atoms with Crippen molar-refractivity contribution in [2.75, 3.05) is 0 Å². The second kappa shape index (κ2) is 6.34. The molecule has 1 aromatic carbocycles. The highest BCUT2D eigenvalue weighted by Gasteiger charge is 2.39. The highest BCUT2D eigenvalue weighted by atomic mass is 28.4. The van der Waals surface area contributed by atoms with Crippen molar-refractivity contribution in [1.29, 1.82) is 0 Å². The van der Waals surface area contributed by atoms with E-state index >= 15 is 0 Å². The normalized spacial score (nSPS) is 16.9. The zero-order valence-electron chi connectivity index (χ0n) is 17.4. The van der Waals surface area contributed by atoms with E-state index in [1.54, 1.807) is 0 Å². The summed E-state index contributed by atoms with van der Waals surface area (Å²) in [5.74, 6) is 1.30. The molecule has 2 aromatic rings. The van der Waals surface area contributed by atoms with E-state index in [-0.39, 0.29) is 16.6 Å². The summed E-state index contributed by atoms with van der Waals surface area (Å²) < 4.78 is 13.0. The molecule has 1 aliphatic carbocycles. The van der Waals surface area contributed by atoms with Crippen LogP contribution < -0.4 is 5.43 Å². The first-order chi connectivity index (χ1) is 11.9. The fourth-order valence-electron chi connectivity index (χ4n) is 3.30. The van der Waals surface area contributed by atoms with Crippen LogP contribution in [0.1, 0.15) is 75.0 Å². The number of hydrogen-bond acceptors (Lipinski definition) is 3. The fourth-order valence-corrected chi connectivity index (χ4v) is 4.67. The molecular formula is C22H32O3Si. The van der Waals surface area contributed by atoms with E-state index in [0.29, 0.717) is 11.3 Å². The molecule has 1 heterocycles. The number of fused-ring (bicyclic) bond motifs is 1. The maximum absolute atomic E-state index is 13.0. The van der Waals surface area contributed by atoms with Gasteiger partial charge in [0.2, 0.25) is 0 Å². The Morgan fingerprint density at radius 2 is 1.81 bits per heavy atom. The summed E-state index contributed by atoms with van der Waals surface area (Å²) in [5, 5.41) is 0.824. The van der Waals surface area contributed by atoms with Gasteiger partial charge in [0.1, 0.15) is 11.3 Å². The van der Waals surface area contributed by atoms with Crippen LogP contribution in [0.25, 0.3) is 11.0 Å². The van der Waals surface area contributed by atoms with Gasteiger partial charge in [0.05, 0.1) is 11.5 Å². The lowest BCUT2D eigenvalue weighted by Gasteiger charge is -2.38. The summed E-state index contributed by atoms with van der Waals surface area (Å²) in [5.41, 5.74) is 3.68. The molecular weight excluding hydrogens is 340 g/mol. The molecule has 1 aromatic heterocycles. The average Bonchev–Trinajstić information content (AvgIpc) is 3.33. The summed E-state index contributed by atoms with van der Waals surface area (Å²) in [7, 11) is -1.92. The van der Waals surface area contributed by atoms with Crippen LogP contribution in [-0.4, -0.2) is 8.32 Å². The third-order valence-electron chi connectivity index (χ3n) is 6.09. The van der Waals surface area contributed by atoms with Crippen molar-refractivity contribution >= 4 is 19.3 Å². The van der Waals surface area contributed by atoms with Gasteiger partial charge in [-0.2, -0.15) is 0 Å². The summed E-state index contributed by atoms with van der Waals surface area (Å²) in [6.45, 7) is 17.3. The summed E-state index contributed by atoms with van der Waals surface area (Å²) in [6, 6.07) is 4.07. The van der Waals surface area contributed by atoms with Gasteiger partial charge in [-0.25, -0.2) is 0 Å². The van der Waals surface area contributed by atoms with Crippen molar-refractivity contribution in [1.82, 2.24) is 0 Å². The van der Waals surface area contributed by atoms with Crippen molar-refractivity contribution in [3.05, 3.63) is 44.8 Å². The SMILES string of the molecule is Cc1cc([C@H](C)O[Si](C)(C)C(C)(C)C)c2oc(C3CC3)c(C)c(=O)c2c1. The van der Waals surface area contributed by atoms with Crippen LogP contribution in [0.4, 0.5) is 0 Å². The van der Waals surface area contributed by atoms with Crippen LogP contribution >= 0.6 is 0 Å². The van der Waals surface area contributed by atoms with Gasteiger partial charge in [-0.1, -0.05) is 20.8 Å². The van der Waals surface area contributed by atoms with E-state index < -0.39 is 8.32 Å². The van der Waals surface area contributed by atoms with Gasteiger partial charge in [-0.15, -0.1) is 0 Å². The molecule has 1 saturated carbocycles. The lowest BCUT2D eigenvalue weighted by Crippen LogP contribution is -2.41. The first-order valence-corrected chi connectivity index (χ1v) is 12.6. The molecule has 0 aliphatic heterocycles. The van der Waals surface area contributed by atoms with E-state index in [1.807, 2.05) is 19.9 Å². The molecule has 0 unspecified atom stereocenters. The van der Waals surface area contributed by atoms with Gasteiger partial charge in [0, 0.05) is 17.0 Å². The fraction of sp³-hybridized carbons (Fsp3) is 0.591. The topological polar surface area (TPSA) is 39.4 Å². The average molecular weight is 373 g/mol. The van der Waals surface area contributed by atoms with Gasteiger partial charge in [0.15, 0.2) is 13.7 Å². The Bertz CT molecular complexity index is 898. The molecule has 0 amide bonds. The minimum absolute atomic E-state index is 0.101. The van der Waals surface area contributed by atoms with Gasteiger partial charge < -0.3 is 8.84 Å². The van der Waals surface area contributed by atoms with Gasteiger partial charge in [-0.05, 0) is 69.4 Å². The number of aryl methyl sites for hydroxylation is 1. The summed E-state index contributed by atoms with van der Waals surface area (Å²) >= 11 is 0. The second-order valence-corrected chi connectivity index (χ2v) is 14.2. The van der Waals surface area contributed by atoms with E-state index in [9.17, 15) is 4.79 Å². The third-order valence-corrected chi connectivity index (χ3v) is 10.6. The van der Waals surface area contributed by atoms with Crippen molar-refractivity contribution in [3.63, 3.8) is 0 Å². The monoisotopic (exact) mass is 372 g/mol. The molecule has 142 valence electrons. The second-order valence-electron chi connectivity index (χ2n) is 9.45. The van der Waals surface area contributed by atoms with E-state index in [4.69, 9.17) is 8.84 Å². The predicted molar refractivity (Wildman–Crippen MR) is 111 cm³/mol. The number of hydrogen-bond donors (Lipinski definition) is 0. The molecule has 4 heteroatoms. The van der Waals surface area contributed by atoms with E-state index in [2.05, 4.69) is 46.9 Å². The van der Waals surface area contributed by atoms with Crippen LogP contribution in [0.3, 0.4) is 0 Å². The smallest absolute Gasteiger partial charge is 0.195 e. The minimum atomic E-state index is -1.92. The Morgan fingerprint density at radius 3 is 2.35 bits per heavy atom. The summed E-state index contributed by atoms with van der Waals surface area (Å²) in [6.07, 6.45) is 2.13. The standard InChI is InChI=1S/C22H32O3Si/c1-13-11-17(15(3)25-26(7,8)22(4,5)6)21-18(12-13)19(23)14(2)20(24-21)16-9-10-16/h11-12,15-16H,9-10H2,1-8H3/t15-/m0/s1.